The number of rotatable bonds is 7. The van der Waals surface area contributed by atoms with Crippen molar-refractivity contribution >= 4 is 5.91 Å². The lowest BCUT2D eigenvalue weighted by Crippen LogP contribution is -2.32. The van der Waals surface area contributed by atoms with E-state index in [4.69, 9.17) is 9.84 Å². The molecule has 0 saturated heterocycles. The molecule has 0 atom stereocenters. The number of nitrogens with zero attached hydrogens (tertiary/aromatic N) is 3. The molecule has 6 heteroatoms. The first-order valence-electron chi connectivity index (χ1n) is 9.90. The second-order valence-corrected chi connectivity index (χ2v) is 7.57. The molecule has 2 aromatic rings. The van der Waals surface area contributed by atoms with E-state index in [9.17, 15) is 4.79 Å². The minimum Gasteiger partial charge on any atom is -0.497 e. The van der Waals surface area contributed by atoms with Crippen LogP contribution in [0, 0.1) is 5.92 Å². The van der Waals surface area contributed by atoms with Crippen LogP contribution in [0.5, 0.6) is 5.75 Å². The molecule has 0 unspecified atom stereocenters. The summed E-state index contributed by atoms with van der Waals surface area (Å²) in [6, 6.07) is 8.19. The minimum absolute atomic E-state index is 0.0495. The van der Waals surface area contributed by atoms with Gasteiger partial charge in [-0.3, -0.25) is 14.4 Å². The number of benzene rings is 1. The molecule has 0 bridgehead atoms. The normalized spacial score (nSPS) is 16.8. The summed E-state index contributed by atoms with van der Waals surface area (Å²) in [5, 5.41) is 7.64. The Morgan fingerprint density at radius 1 is 1.37 bits per heavy atom. The SMILES string of the molecule is CCNC(=O)c1nn(CC2CC2)c2c1CN(Cc1cccc(OC)c1)CC2. The second kappa shape index (κ2) is 7.72. The molecule has 1 N–H and O–H groups in total. The predicted octanol–water partition coefficient (Wildman–Crippen LogP) is 2.61. The highest BCUT2D eigenvalue weighted by molar-refractivity contribution is 5.94. The maximum atomic E-state index is 12.6. The number of fused-ring (bicyclic) bond motifs is 1. The number of carbonyl (C=O) groups excluding carboxylic acids is 1. The maximum absolute atomic E-state index is 12.6. The Labute approximate surface area is 160 Å². The molecule has 1 aromatic carbocycles. The monoisotopic (exact) mass is 368 g/mol. The van der Waals surface area contributed by atoms with Gasteiger partial charge in [-0.15, -0.1) is 0 Å². The van der Waals surface area contributed by atoms with Crippen LogP contribution < -0.4 is 10.1 Å². The average molecular weight is 368 g/mol. The van der Waals surface area contributed by atoms with Gasteiger partial charge < -0.3 is 10.1 Å². The van der Waals surface area contributed by atoms with Gasteiger partial charge >= 0.3 is 0 Å². The lowest BCUT2D eigenvalue weighted by molar-refractivity contribution is 0.0947. The lowest BCUT2D eigenvalue weighted by Gasteiger charge is -2.28. The Hall–Kier alpha value is -2.34. The van der Waals surface area contributed by atoms with Crippen LogP contribution in [0.3, 0.4) is 0 Å². The molecule has 144 valence electrons. The fraction of sp³-hybridized carbons (Fsp3) is 0.524. The Morgan fingerprint density at radius 2 is 2.22 bits per heavy atom. The van der Waals surface area contributed by atoms with Gasteiger partial charge in [-0.25, -0.2) is 0 Å². The quantitative estimate of drug-likeness (QED) is 0.816. The number of methoxy groups -OCH3 is 1. The molecule has 1 aliphatic heterocycles. The molecule has 1 aromatic heterocycles. The van der Waals surface area contributed by atoms with Crippen molar-refractivity contribution in [2.45, 2.75) is 45.8 Å². The molecule has 1 fully saturated rings. The summed E-state index contributed by atoms with van der Waals surface area (Å²) in [6.07, 6.45) is 3.51. The van der Waals surface area contributed by atoms with E-state index >= 15 is 0 Å². The first-order chi connectivity index (χ1) is 13.2. The molecule has 27 heavy (non-hydrogen) atoms. The van der Waals surface area contributed by atoms with Crippen molar-refractivity contribution in [3.8, 4) is 5.75 Å². The largest absolute Gasteiger partial charge is 0.497 e. The van der Waals surface area contributed by atoms with E-state index in [0.29, 0.717) is 12.2 Å². The van der Waals surface area contributed by atoms with Crippen molar-refractivity contribution in [3.05, 3.63) is 46.8 Å². The Bertz CT molecular complexity index is 826. The van der Waals surface area contributed by atoms with Gasteiger partial charge in [-0.1, -0.05) is 12.1 Å². The number of aromatic nitrogens is 2. The summed E-state index contributed by atoms with van der Waals surface area (Å²) in [7, 11) is 1.69. The number of nitrogens with one attached hydrogen (secondary N) is 1. The first-order valence-corrected chi connectivity index (χ1v) is 9.90. The number of hydrogen-bond donors (Lipinski definition) is 1. The van der Waals surface area contributed by atoms with E-state index in [1.54, 1.807) is 7.11 Å². The van der Waals surface area contributed by atoms with Gasteiger partial charge in [0, 0.05) is 50.4 Å². The highest BCUT2D eigenvalue weighted by Gasteiger charge is 2.30. The summed E-state index contributed by atoms with van der Waals surface area (Å²) in [5.74, 6) is 1.57. The molecule has 4 rings (SSSR count). The summed E-state index contributed by atoms with van der Waals surface area (Å²) >= 11 is 0. The zero-order valence-electron chi connectivity index (χ0n) is 16.2. The molecule has 6 nitrogen and oxygen atoms in total. The molecular formula is C21H28N4O2. The molecule has 0 radical (unpaired) electrons. The fourth-order valence-electron chi connectivity index (χ4n) is 3.83. The third-order valence-electron chi connectivity index (χ3n) is 5.43. The molecule has 2 aliphatic rings. The van der Waals surface area contributed by atoms with E-state index in [1.807, 2.05) is 19.1 Å². The number of carbonyl (C=O) groups is 1. The van der Waals surface area contributed by atoms with Crippen molar-refractivity contribution in [3.63, 3.8) is 0 Å². The third-order valence-corrected chi connectivity index (χ3v) is 5.43. The van der Waals surface area contributed by atoms with Crippen LogP contribution in [0.15, 0.2) is 24.3 Å². The number of amides is 1. The highest BCUT2D eigenvalue weighted by atomic mass is 16.5. The Kier molecular flexibility index (Phi) is 5.16. The van der Waals surface area contributed by atoms with E-state index < -0.39 is 0 Å². The molecule has 0 spiro atoms. The fourth-order valence-corrected chi connectivity index (χ4v) is 3.83. The van der Waals surface area contributed by atoms with Crippen LogP contribution in [0.2, 0.25) is 0 Å². The summed E-state index contributed by atoms with van der Waals surface area (Å²) in [4.78, 5) is 14.9. The second-order valence-electron chi connectivity index (χ2n) is 7.57. The van der Waals surface area contributed by atoms with E-state index in [1.165, 1.54) is 24.1 Å². The Morgan fingerprint density at radius 3 is 2.96 bits per heavy atom. The van der Waals surface area contributed by atoms with Crippen molar-refractivity contribution in [1.82, 2.24) is 20.0 Å². The predicted molar refractivity (Wildman–Crippen MR) is 104 cm³/mol. The summed E-state index contributed by atoms with van der Waals surface area (Å²) < 4.78 is 7.45. The lowest BCUT2D eigenvalue weighted by atomic mass is 10.0. The summed E-state index contributed by atoms with van der Waals surface area (Å²) in [6.45, 7) is 6.12. The van der Waals surface area contributed by atoms with E-state index in [2.05, 4.69) is 27.0 Å². The van der Waals surface area contributed by atoms with Crippen molar-refractivity contribution < 1.29 is 9.53 Å². The van der Waals surface area contributed by atoms with Crippen molar-refractivity contribution in [1.29, 1.82) is 0 Å². The first kappa shape index (κ1) is 18.0. The maximum Gasteiger partial charge on any atom is 0.272 e. The molecule has 1 saturated carbocycles. The average Bonchev–Trinajstić information content (AvgIpc) is 3.42. The van der Waals surface area contributed by atoms with Gasteiger partial charge in [0.1, 0.15) is 5.75 Å². The van der Waals surface area contributed by atoms with Crippen LogP contribution in [-0.4, -0.2) is 40.8 Å². The van der Waals surface area contributed by atoms with Gasteiger partial charge in [-0.05, 0) is 43.4 Å². The van der Waals surface area contributed by atoms with E-state index in [0.717, 1.165) is 49.8 Å². The van der Waals surface area contributed by atoms with Gasteiger partial charge in [0.05, 0.1) is 7.11 Å². The van der Waals surface area contributed by atoms with Crippen LogP contribution in [0.25, 0.3) is 0 Å². The minimum atomic E-state index is -0.0495. The molecule has 2 heterocycles. The van der Waals surface area contributed by atoms with Gasteiger partial charge in [-0.2, -0.15) is 5.10 Å². The van der Waals surface area contributed by atoms with E-state index in [-0.39, 0.29) is 5.91 Å². The number of ether oxygens (including phenoxy) is 1. The van der Waals surface area contributed by atoms with Crippen molar-refractivity contribution in [2.24, 2.45) is 5.92 Å². The van der Waals surface area contributed by atoms with Gasteiger partial charge in [0.2, 0.25) is 0 Å². The zero-order chi connectivity index (χ0) is 18.8. The van der Waals surface area contributed by atoms with Crippen LogP contribution in [0.4, 0.5) is 0 Å². The van der Waals surface area contributed by atoms with Crippen LogP contribution >= 0.6 is 0 Å². The van der Waals surface area contributed by atoms with Crippen LogP contribution in [-0.2, 0) is 26.1 Å². The third kappa shape index (κ3) is 4.00. The molecule has 1 aliphatic carbocycles. The van der Waals surface area contributed by atoms with Crippen LogP contribution in [0.1, 0.15) is 47.1 Å². The van der Waals surface area contributed by atoms with Gasteiger partial charge in [0.25, 0.3) is 5.91 Å². The van der Waals surface area contributed by atoms with Crippen molar-refractivity contribution in [2.75, 3.05) is 20.2 Å². The topological polar surface area (TPSA) is 59.4 Å². The zero-order valence-corrected chi connectivity index (χ0v) is 16.2. The summed E-state index contributed by atoms with van der Waals surface area (Å²) in [5.41, 5.74) is 4.20. The standard InChI is InChI=1S/C21H28N4O2/c1-3-22-21(26)20-18-14-24(12-16-5-4-6-17(11-16)27-2)10-9-19(18)25(23-20)13-15-7-8-15/h4-6,11,15H,3,7-10,12-14H2,1-2H3,(H,22,26). The molecular weight excluding hydrogens is 340 g/mol. The number of hydrogen-bond acceptors (Lipinski definition) is 4. The Balaban J connectivity index is 1.56. The highest BCUT2D eigenvalue weighted by Crippen LogP contribution is 2.33. The smallest absolute Gasteiger partial charge is 0.272 e. The van der Waals surface area contributed by atoms with Gasteiger partial charge in [0.15, 0.2) is 5.69 Å². The molecule has 1 amide bonds.